The monoisotopic (exact) mass is 266 g/mol. The molecule has 0 spiro atoms. The fourth-order valence-electron chi connectivity index (χ4n) is 3.97. The maximum absolute atomic E-state index is 12.4. The summed E-state index contributed by atoms with van der Waals surface area (Å²) in [6.07, 6.45) is 5.24. The molecule has 0 heterocycles. The molecule has 2 saturated carbocycles. The molecule has 3 unspecified atom stereocenters. The van der Waals surface area contributed by atoms with Crippen molar-refractivity contribution in [1.29, 1.82) is 0 Å². The zero-order valence-corrected chi connectivity index (χ0v) is 12.2. The molecule has 0 aromatic heterocycles. The van der Waals surface area contributed by atoms with Gasteiger partial charge in [0, 0.05) is 11.3 Å². The third kappa shape index (κ3) is 2.63. The summed E-state index contributed by atoms with van der Waals surface area (Å²) in [6.45, 7) is 5.85. The van der Waals surface area contributed by atoms with Gasteiger partial charge in [-0.15, -0.1) is 0 Å². The topological polar surface area (TPSA) is 57.5 Å². The van der Waals surface area contributed by atoms with E-state index in [4.69, 9.17) is 0 Å². The second-order valence-electron chi connectivity index (χ2n) is 6.70. The van der Waals surface area contributed by atoms with Gasteiger partial charge in [-0.1, -0.05) is 26.3 Å². The molecular weight excluding hydrogens is 240 g/mol. The summed E-state index contributed by atoms with van der Waals surface area (Å²) in [5.74, 6) is 0.513. The van der Waals surface area contributed by atoms with Gasteiger partial charge in [-0.3, -0.25) is 4.79 Å². The number of hydrogen-bond acceptors (Lipinski definition) is 3. The molecule has 0 bridgehead atoms. The molecule has 108 valence electrons. The Hall–Kier alpha value is -0.670. The summed E-state index contributed by atoms with van der Waals surface area (Å²) in [5, 5.41) is 19.8. The van der Waals surface area contributed by atoms with Crippen LogP contribution in [0.25, 0.3) is 0 Å². The Morgan fingerprint density at radius 2 is 2.16 bits per heavy atom. The van der Waals surface area contributed by atoms with Crippen molar-refractivity contribution in [2.24, 2.45) is 17.3 Å². The van der Waals surface area contributed by atoms with E-state index in [0.717, 1.165) is 24.8 Å². The van der Waals surface area contributed by atoms with Crippen LogP contribution in [0.2, 0.25) is 0 Å². The predicted octanol–water partition coefficient (Wildman–Crippen LogP) is 2.46. The fourth-order valence-corrected chi connectivity index (χ4v) is 3.97. The van der Waals surface area contributed by atoms with Crippen LogP contribution in [0.5, 0.6) is 0 Å². The first-order chi connectivity index (χ1) is 8.86. The van der Waals surface area contributed by atoms with Gasteiger partial charge in [0.15, 0.2) is 5.78 Å². The highest BCUT2D eigenvalue weighted by Crippen LogP contribution is 2.52. The summed E-state index contributed by atoms with van der Waals surface area (Å²) in [7, 11) is 0. The number of aliphatic hydroxyl groups is 2. The predicted molar refractivity (Wildman–Crippen MR) is 74.6 cm³/mol. The van der Waals surface area contributed by atoms with Crippen molar-refractivity contribution < 1.29 is 15.0 Å². The number of Topliss-reactive ketones (excluding diaryl/α,β-unsaturated/α-hetero) is 1. The third-order valence-corrected chi connectivity index (χ3v) is 5.21. The Kier molecular flexibility index (Phi) is 4.17. The quantitative estimate of drug-likeness (QED) is 0.755. The lowest BCUT2D eigenvalue weighted by Gasteiger charge is -2.51. The highest BCUT2D eigenvalue weighted by Gasteiger charge is 2.51. The van der Waals surface area contributed by atoms with Crippen LogP contribution in [0.1, 0.15) is 52.9 Å². The molecule has 5 atom stereocenters. The van der Waals surface area contributed by atoms with Crippen molar-refractivity contribution in [3.05, 3.63) is 11.6 Å². The number of rotatable bonds is 2. The van der Waals surface area contributed by atoms with E-state index in [1.807, 2.05) is 13.0 Å². The Labute approximate surface area is 115 Å². The molecule has 0 aromatic rings. The Balaban J connectivity index is 2.27. The molecule has 0 saturated heterocycles. The molecular formula is C16H26O3. The second-order valence-corrected chi connectivity index (χ2v) is 6.70. The second kappa shape index (κ2) is 5.37. The van der Waals surface area contributed by atoms with Crippen LogP contribution in [-0.4, -0.2) is 28.2 Å². The minimum absolute atomic E-state index is 0.00560. The van der Waals surface area contributed by atoms with Crippen LogP contribution in [0, 0.1) is 17.3 Å². The van der Waals surface area contributed by atoms with Gasteiger partial charge in [-0.05, 0) is 44.1 Å². The summed E-state index contributed by atoms with van der Waals surface area (Å²) in [4.78, 5) is 12.4. The highest BCUT2D eigenvalue weighted by molar-refractivity contribution is 5.98. The number of ketones is 1. The zero-order valence-electron chi connectivity index (χ0n) is 12.2. The number of hydrogen-bond donors (Lipinski definition) is 2. The van der Waals surface area contributed by atoms with Crippen LogP contribution < -0.4 is 0 Å². The van der Waals surface area contributed by atoms with Crippen LogP contribution in [0.3, 0.4) is 0 Å². The lowest BCUT2D eigenvalue weighted by molar-refractivity contribution is -0.133. The Bertz CT molecular complexity index is 385. The molecule has 2 aliphatic carbocycles. The van der Waals surface area contributed by atoms with E-state index in [9.17, 15) is 15.0 Å². The van der Waals surface area contributed by atoms with Gasteiger partial charge in [0.05, 0.1) is 12.2 Å². The summed E-state index contributed by atoms with van der Waals surface area (Å²) >= 11 is 0. The standard InChI is InChI=1S/C16H26O3/c1-10(17)7-8-12-9-16(3)13(11(2)15(12)19)5-4-6-14(16)18/h8,10-11,13-14,17-18H,4-7,9H2,1-3H3/t10?,11?,13?,14-,16-/m0/s1. The van der Waals surface area contributed by atoms with Gasteiger partial charge < -0.3 is 10.2 Å². The number of carbonyl (C=O) groups is 1. The van der Waals surface area contributed by atoms with E-state index in [0.29, 0.717) is 18.8 Å². The average Bonchev–Trinajstić information content (AvgIpc) is 2.35. The molecule has 3 nitrogen and oxygen atoms in total. The van der Waals surface area contributed by atoms with Crippen LogP contribution >= 0.6 is 0 Å². The van der Waals surface area contributed by atoms with Gasteiger partial charge in [0.25, 0.3) is 0 Å². The van der Waals surface area contributed by atoms with Crippen molar-refractivity contribution in [1.82, 2.24) is 0 Å². The maximum atomic E-state index is 12.4. The molecule has 0 radical (unpaired) electrons. The lowest BCUT2D eigenvalue weighted by Crippen LogP contribution is -2.51. The zero-order chi connectivity index (χ0) is 14.2. The van der Waals surface area contributed by atoms with E-state index in [-0.39, 0.29) is 23.2 Å². The molecule has 2 N–H and O–H groups in total. The van der Waals surface area contributed by atoms with Crippen molar-refractivity contribution in [3.8, 4) is 0 Å². The molecule has 3 heteroatoms. The lowest BCUT2D eigenvalue weighted by atomic mass is 9.54. The number of carbonyl (C=O) groups excluding carboxylic acids is 1. The largest absolute Gasteiger partial charge is 0.393 e. The van der Waals surface area contributed by atoms with Crippen molar-refractivity contribution >= 4 is 5.78 Å². The first-order valence-electron chi connectivity index (χ1n) is 7.45. The van der Waals surface area contributed by atoms with Gasteiger partial charge in [-0.2, -0.15) is 0 Å². The smallest absolute Gasteiger partial charge is 0.161 e. The van der Waals surface area contributed by atoms with Crippen LogP contribution in [-0.2, 0) is 4.79 Å². The summed E-state index contributed by atoms with van der Waals surface area (Å²) in [6, 6.07) is 0. The van der Waals surface area contributed by atoms with E-state index in [2.05, 4.69) is 6.92 Å². The van der Waals surface area contributed by atoms with E-state index >= 15 is 0 Å². The van der Waals surface area contributed by atoms with Gasteiger partial charge in [0.1, 0.15) is 0 Å². The van der Waals surface area contributed by atoms with Crippen molar-refractivity contribution in [2.45, 2.75) is 65.1 Å². The van der Waals surface area contributed by atoms with Crippen molar-refractivity contribution in [3.63, 3.8) is 0 Å². The molecule has 0 amide bonds. The molecule has 19 heavy (non-hydrogen) atoms. The first-order valence-corrected chi connectivity index (χ1v) is 7.45. The summed E-state index contributed by atoms with van der Waals surface area (Å²) < 4.78 is 0. The Morgan fingerprint density at radius 1 is 1.47 bits per heavy atom. The van der Waals surface area contributed by atoms with Crippen LogP contribution in [0.4, 0.5) is 0 Å². The molecule has 0 aromatic carbocycles. The average molecular weight is 266 g/mol. The first kappa shape index (κ1) is 14.7. The number of fused-ring (bicyclic) bond motifs is 1. The van der Waals surface area contributed by atoms with Crippen LogP contribution in [0.15, 0.2) is 11.6 Å². The van der Waals surface area contributed by atoms with Gasteiger partial charge >= 0.3 is 0 Å². The minimum Gasteiger partial charge on any atom is -0.393 e. The SMILES string of the molecule is CC(O)CC=C1C[C@@]2(C)C(CCC[C@@H]2O)C(C)C1=O. The molecule has 0 aliphatic heterocycles. The Morgan fingerprint density at radius 3 is 2.79 bits per heavy atom. The van der Waals surface area contributed by atoms with E-state index in [1.165, 1.54) is 0 Å². The number of allylic oxidation sites excluding steroid dienone is 1. The molecule has 2 aliphatic rings. The molecule has 2 fully saturated rings. The van der Waals surface area contributed by atoms with Crippen molar-refractivity contribution in [2.75, 3.05) is 0 Å². The van der Waals surface area contributed by atoms with Gasteiger partial charge in [-0.25, -0.2) is 0 Å². The highest BCUT2D eigenvalue weighted by atomic mass is 16.3. The fraction of sp³-hybridized carbons (Fsp3) is 0.812. The maximum Gasteiger partial charge on any atom is 0.161 e. The molecule has 2 rings (SSSR count). The third-order valence-electron chi connectivity index (χ3n) is 5.21. The van der Waals surface area contributed by atoms with Gasteiger partial charge in [0.2, 0.25) is 0 Å². The minimum atomic E-state index is -0.419. The van der Waals surface area contributed by atoms with E-state index < -0.39 is 6.10 Å². The normalized spacial score (nSPS) is 43.1. The van der Waals surface area contributed by atoms with E-state index in [1.54, 1.807) is 6.92 Å². The summed E-state index contributed by atoms with van der Waals surface area (Å²) in [5.41, 5.74) is 0.643. The number of aliphatic hydroxyl groups excluding tert-OH is 2.